The maximum atomic E-state index is 13.1. The van der Waals surface area contributed by atoms with E-state index in [-0.39, 0.29) is 51.9 Å². The van der Waals surface area contributed by atoms with Gasteiger partial charge in [-0.05, 0) is 24.3 Å². The molecule has 8 heteroatoms. The van der Waals surface area contributed by atoms with Crippen molar-refractivity contribution in [2.75, 3.05) is 0 Å². The number of phenols is 5. The van der Waals surface area contributed by atoms with Crippen LogP contribution in [-0.2, 0) is 6.61 Å². The lowest BCUT2D eigenvalue weighted by Crippen LogP contribution is -2.10. The Balaban J connectivity index is 1.93. The number of benzene rings is 3. The Hall–Kier alpha value is -4.33. The van der Waals surface area contributed by atoms with Gasteiger partial charge in [-0.3, -0.25) is 4.79 Å². The normalized spacial score (nSPS) is 10.9. The first-order valence-corrected chi connectivity index (χ1v) is 8.80. The van der Waals surface area contributed by atoms with Gasteiger partial charge in [-0.25, -0.2) is 0 Å². The van der Waals surface area contributed by atoms with Crippen LogP contribution in [0.4, 0.5) is 0 Å². The van der Waals surface area contributed by atoms with E-state index >= 15 is 0 Å². The highest BCUT2D eigenvalue weighted by Gasteiger charge is 2.22. The van der Waals surface area contributed by atoms with E-state index in [4.69, 9.17) is 9.15 Å². The van der Waals surface area contributed by atoms with E-state index in [9.17, 15) is 30.3 Å². The summed E-state index contributed by atoms with van der Waals surface area (Å²) in [6, 6.07) is 12.3. The zero-order chi connectivity index (χ0) is 21.4. The van der Waals surface area contributed by atoms with Crippen LogP contribution in [-0.4, -0.2) is 25.5 Å². The van der Waals surface area contributed by atoms with E-state index in [1.165, 1.54) is 24.3 Å². The van der Waals surface area contributed by atoms with Gasteiger partial charge in [0.25, 0.3) is 0 Å². The molecule has 0 saturated carbocycles. The Labute approximate surface area is 169 Å². The minimum Gasteiger partial charge on any atom is -0.508 e. The Morgan fingerprint density at radius 3 is 2.30 bits per heavy atom. The topological polar surface area (TPSA) is 141 Å². The van der Waals surface area contributed by atoms with Gasteiger partial charge >= 0.3 is 0 Å². The van der Waals surface area contributed by atoms with Crippen molar-refractivity contribution in [3.63, 3.8) is 0 Å². The molecular formula is C22H16O8. The summed E-state index contributed by atoms with van der Waals surface area (Å²) in [4.78, 5) is 13.1. The molecule has 8 nitrogen and oxygen atoms in total. The van der Waals surface area contributed by atoms with Crippen LogP contribution >= 0.6 is 0 Å². The highest BCUT2D eigenvalue weighted by molar-refractivity contribution is 5.88. The quantitative estimate of drug-likeness (QED) is 0.323. The van der Waals surface area contributed by atoms with Crippen LogP contribution in [0, 0.1) is 0 Å². The summed E-state index contributed by atoms with van der Waals surface area (Å²) < 4.78 is 11.4. The summed E-state index contributed by atoms with van der Waals surface area (Å²) in [5.74, 6) is -2.02. The molecule has 0 spiro atoms. The number of hydrogen-bond acceptors (Lipinski definition) is 8. The molecule has 0 fully saturated rings. The number of aromatic hydroxyl groups is 5. The van der Waals surface area contributed by atoms with Gasteiger partial charge < -0.3 is 34.7 Å². The third kappa shape index (κ3) is 3.30. The van der Waals surface area contributed by atoms with Gasteiger partial charge in [0.1, 0.15) is 34.8 Å². The Morgan fingerprint density at radius 1 is 0.800 bits per heavy atom. The van der Waals surface area contributed by atoms with E-state index in [0.29, 0.717) is 5.56 Å². The van der Waals surface area contributed by atoms with Gasteiger partial charge in [0.05, 0.1) is 0 Å². The van der Waals surface area contributed by atoms with Crippen molar-refractivity contribution in [1.82, 2.24) is 0 Å². The van der Waals surface area contributed by atoms with Gasteiger partial charge in [0, 0.05) is 23.3 Å². The third-order valence-corrected chi connectivity index (χ3v) is 4.52. The molecule has 30 heavy (non-hydrogen) atoms. The monoisotopic (exact) mass is 408 g/mol. The van der Waals surface area contributed by atoms with Gasteiger partial charge in [-0.15, -0.1) is 0 Å². The number of para-hydroxylation sites is 1. The lowest BCUT2D eigenvalue weighted by molar-refractivity contribution is 0.291. The summed E-state index contributed by atoms with van der Waals surface area (Å²) in [6.07, 6.45) is 0. The standard InChI is InChI=1S/C22H16O8/c23-13-8-17(27)19-18(9-13)30-21(11-5-6-15(25)16(26)7-11)22(20(19)28)29-10-12-3-1-2-4-14(12)24/h1-9,23-27H,10H2. The summed E-state index contributed by atoms with van der Waals surface area (Å²) >= 11 is 0. The zero-order valence-electron chi connectivity index (χ0n) is 15.4. The molecule has 1 aromatic heterocycles. The molecule has 0 aliphatic carbocycles. The third-order valence-electron chi connectivity index (χ3n) is 4.52. The highest BCUT2D eigenvalue weighted by atomic mass is 16.5. The predicted molar refractivity (Wildman–Crippen MR) is 107 cm³/mol. The second-order valence-corrected chi connectivity index (χ2v) is 6.55. The average molecular weight is 408 g/mol. The van der Waals surface area contributed by atoms with E-state index in [2.05, 4.69) is 0 Å². The molecule has 1 heterocycles. The van der Waals surface area contributed by atoms with E-state index in [1.807, 2.05) is 0 Å². The van der Waals surface area contributed by atoms with Crippen LogP contribution < -0.4 is 10.2 Å². The van der Waals surface area contributed by atoms with Crippen LogP contribution in [0.25, 0.3) is 22.3 Å². The molecular weight excluding hydrogens is 392 g/mol. The van der Waals surface area contributed by atoms with Gasteiger partial charge in [0.2, 0.25) is 11.2 Å². The maximum absolute atomic E-state index is 13.1. The van der Waals surface area contributed by atoms with Crippen molar-refractivity contribution in [3.8, 4) is 45.8 Å². The predicted octanol–water partition coefficient (Wildman–Crippen LogP) is 3.57. The van der Waals surface area contributed by atoms with Crippen molar-refractivity contribution in [2.45, 2.75) is 6.61 Å². The van der Waals surface area contributed by atoms with Crippen molar-refractivity contribution in [1.29, 1.82) is 0 Å². The highest BCUT2D eigenvalue weighted by Crippen LogP contribution is 2.38. The van der Waals surface area contributed by atoms with Gasteiger partial charge in [-0.1, -0.05) is 18.2 Å². The lowest BCUT2D eigenvalue weighted by atomic mass is 10.1. The lowest BCUT2D eigenvalue weighted by Gasteiger charge is -2.13. The van der Waals surface area contributed by atoms with E-state index < -0.39 is 16.9 Å². The molecule has 152 valence electrons. The van der Waals surface area contributed by atoms with Crippen LogP contribution in [0.3, 0.4) is 0 Å². The molecule has 0 saturated heterocycles. The molecule has 0 atom stereocenters. The number of phenolic OH excluding ortho intramolecular Hbond substituents is 5. The largest absolute Gasteiger partial charge is 0.508 e. The fourth-order valence-corrected chi connectivity index (χ4v) is 3.04. The molecule has 0 aliphatic heterocycles. The van der Waals surface area contributed by atoms with E-state index in [1.54, 1.807) is 18.2 Å². The first kappa shape index (κ1) is 19.0. The summed E-state index contributed by atoms with van der Waals surface area (Å²) in [5, 5.41) is 49.0. The SMILES string of the molecule is O=c1c(OCc2ccccc2O)c(-c2ccc(O)c(O)c2)oc2cc(O)cc(O)c12. The van der Waals surface area contributed by atoms with Gasteiger partial charge in [-0.2, -0.15) is 0 Å². The first-order chi connectivity index (χ1) is 14.3. The number of ether oxygens (including phenoxy) is 1. The fourth-order valence-electron chi connectivity index (χ4n) is 3.04. The van der Waals surface area contributed by atoms with Crippen LogP contribution in [0.15, 0.2) is 63.8 Å². The van der Waals surface area contributed by atoms with E-state index in [0.717, 1.165) is 12.1 Å². The molecule has 3 aromatic carbocycles. The molecule has 4 aromatic rings. The zero-order valence-corrected chi connectivity index (χ0v) is 15.4. The first-order valence-electron chi connectivity index (χ1n) is 8.80. The fraction of sp³-hybridized carbons (Fsp3) is 0.0455. The van der Waals surface area contributed by atoms with Crippen LogP contribution in [0.1, 0.15) is 5.56 Å². The van der Waals surface area contributed by atoms with Crippen molar-refractivity contribution in [3.05, 3.63) is 70.4 Å². The molecule has 0 unspecified atom stereocenters. The minimum atomic E-state index is -0.716. The Kier molecular flexibility index (Phi) is 4.59. The summed E-state index contributed by atoms with van der Waals surface area (Å²) in [6.45, 7) is -0.182. The molecule has 4 rings (SSSR count). The molecule has 0 amide bonds. The maximum Gasteiger partial charge on any atom is 0.239 e. The number of fused-ring (bicyclic) bond motifs is 1. The number of rotatable bonds is 4. The smallest absolute Gasteiger partial charge is 0.239 e. The Bertz CT molecular complexity index is 1320. The van der Waals surface area contributed by atoms with Crippen LogP contribution in [0.2, 0.25) is 0 Å². The minimum absolute atomic E-state index is 0.0284. The summed E-state index contributed by atoms with van der Waals surface area (Å²) in [5.41, 5.74) is -0.201. The molecule has 0 bridgehead atoms. The second kappa shape index (κ2) is 7.25. The number of hydrogen-bond donors (Lipinski definition) is 5. The van der Waals surface area contributed by atoms with Gasteiger partial charge in [0.15, 0.2) is 17.3 Å². The average Bonchev–Trinajstić information content (AvgIpc) is 2.69. The van der Waals surface area contributed by atoms with Crippen molar-refractivity contribution >= 4 is 11.0 Å². The van der Waals surface area contributed by atoms with Crippen molar-refractivity contribution < 1.29 is 34.7 Å². The van der Waals surface area contributed by atoms with Crippen LogP contribution in [0.5, 0.6) is 34.5 Å². The summed E-state index contributed by atoms with van der Waals surface area (Å²) in [7, 11) is 0. The second-order valence-electron chi connectivity index (χ2n) is 6.55. The molecule has 5 N–H and O–H groups in total. The molecule has 0 radical (unpaired) electrons. The van der Waals surface area contributed by atoms with Crippen molar-refractivity contribution in [2.24, 2.45) is 0 Å². The Morgan fingerprint density at radius 2 is 1.57 bits per heavy atom. The molecule has 0 aliphatic rings.